The van der Waals surface area contributed by atoms with E-state index in [1.807, 2.05) is 13.0 Å². The lowest BCUT2D eigenvalue weighted by Gasteiger charge is -2.50. The molecule has 0 aromatic heterocycles. The van der Waals surface area contributed by atoms with Gasteiger partial charge < -0.3 is 5.73 Å². The standard InChI is InChI=1S/C18H28FN/c1-13-6-7-15(19)8-14(13)9-18(20)11-16(2,3)10-17(4,5)12-18/h6-8H,9-12,20H2,1-5H3. The van der Waals surface area contributed by atoms with Gasteiger partial charge in [-0.1, -0.05) is 33.8 Å². The van der Waals surface area contributed by atoms with Crippen LogP contribution in [0.2, 0.25) is 0 Å². The van der Waals surface area contributed by atoms with Gasteiger partial charge in [-0.3, -0.25) is 0 Å². The van der Waals surface area contributed by atoms with Crippen LogP contribution in [0.15, 0.2) is 18.2 Å². The number of hydrogen-bond acceptors (Lipinski definition) is 1. The van der Waals surface area contributed by atoms with Crippen LogP contribution in [0.5, 0.6) is 0 Å². The molecule has 0 unspecified atom stereocenters. The molecule has 1 nitrogen and oxygen atoms in total. The molecule has 2 heteroatoms. The van der Waals surface area contributed by atoms with Gasteiger partial charge in [0.2, 0.25) is 0 Å². The molecule has 0 bridgehead atoms. The summed E-state index contributed by atoms with van der Waals surface area (Å²) in [6.45, 7) is 11.2. The van der Waals surface area contributed by atoms with E-state index in [1.54, 1.807) is 6.07 Å². The highest BCUT2D eigenvalue weighted by atomic mass is 19.1. The van der Waals surface area contributed by atoms with E-state index in [0.29, 0.717) is 0 Å². The second-order valence-corrected chi connectivity index (χ2v) is 8.47. The molecule has 1 saturated carbocycles. The van der Waals surface area contributed by atoms with E-state index in [0.717, 1.165) is 30.4 Å². The Balaban J connectivity index is 2.28. The van der Waals surface area contributed by atoms with Crippen LogP contribution >= 0.6 is 0 Å². The van der Waals surface area contributed by atoms with E-state index in [9.17, 15) is 4.39 Å². The highest BCUT2D eigenvalue weighted by Crippen LogP contribution is 2.50. The SMILES string of the molecule is Cc1ccc(F)cc1CC1(N)CC(C)(C)CC(C)(C)C1. The van der Waals surface area contributed by atoms with Gasteiger partial charge in [0.15, 0.2) is 0 Å². The summed E-state index contributed by atoms with van der Waals surface area (Å²) in [4.78, 5) is 0. The van der Waals surface area contributed by atoms with Crippen molar-refractivity contribution in [3.8, 4) is 0 Å². The predicted molar refractivity (Wildman–Crippen MR) is 83.2 cm³/mol. The lowest BCUT2D eigenvalue weighted by Crippen LogP contribution is -2.53. The summed E-state index contributed by atoms with van der Waals surface area (Å²) in [5, 5.41) is 0. The first-order valence-corrected chi connectivity index (χ1v) is 7.54. The zero-order chi connectivity index (χ0) is 15.2. The van der Waals surface area contributed by atoms with Gasteiger partial charge in [-0.15, -0.1) is 0 Å². The maximum Gasteiger partial charge on any atom is 0.123 e. The molecule has 0 amide bonds. The zero-order valence-corrected chi connectivity index (χ0v) is 13.5. The normalized spacial score (nSPS) is 23.6. The first-order chi connectivity index (χ1) is 9.00. The van der Waals surface area contributed by atoms with E-state index < -0.39 is 0 Å². The zero-order valence-electron chi connectivity index (χ0n) is 13.5. The van der Waals surface area contributed by atoms with Crippen LogP contribution in [0, 0.1) is 23.6 Å². The molecule has 2 rings (SSSR count). The van der Waals surface area contributed by atoms with E-state index in [2.05, 4.69) is 27.7 Å². The third-order valence-electron chi connectivity index (χ3n) is 4.47. The van der Waals surface area contributed by atoms with Gasteiger partial charge in [-0.25, -0.2) is 4.39 Å². The molecule has 0 aliphatic heterocycles. The average Bonchev–Trinajstić information content (AvgIpc) is 2.17. The molecule has 112 valence electrons. The maximum absolute atomic E-state index is 13.5. The summed E-state index contributed by atoms with van der Waals surface area (Å²) in [5.74, 6) is -0.163. The molecule has 2 N–H and O–H groups in total. The van der Waals surface area contributed by atoms with Crippen molar-refractivity contribution in [3.63, 3.8) is 0 Å². The lowest BCUT2D eigenvalue weighted by atomic mass is 9.57. The molecule has 1 fully saturated rings. The highest BCUT2D eigenvalue weighted by molar-refractivity contribution is 5.29. The molecule has 0 spiro atoms. The molecule has 1 aromatic rings. The van der Waals surface area contributed by atoms with Crippen molar-refractivity contribution in [1.29, 1.82) is 0 Å². The van der Waals surface area contributed by atoms with Gasteiger partial charge in [0.25, 0.3) is 0 Å². The smallest absolute Gasteiger partial charge is 0.123 e. The van der Waals surface area contributed by atoms with Crippen LogP contribution < -0.4 is 5.73 Å². The number of nitrogens with two attached hydrogens (primary N) is 1. The summed E-state index contributed by atoms with van der Waals surface area (Å²) in [5.41, 5.74) is 9.19. The van der Waals surface area contributed by atoms with Gasteiger partial charge in [0, 0.05) is 5.54 Å². The first kappa shape index (κ1) is 15.5. The number of halogens is 1. The summed E-state index contributed by atoms with van der Waals surface area (Å²) < 4.78 is 13.5. The minimum absolute atomic E-state index is 0.163. The minimum Gasteiger partial charge on any atom is -0.325 e. The Hall–Kier alpha value is -0.890. The third kappa shape index (κ3) is 3.60. The Morgan fingerprint density at radius 2 is 1.60 bits per heavy atom. The molecule has 0 radical (unpaired) electrons. The minimum atomic E-state index is -0.232. The fourth-order valence-corrected chi connectivity index (χ4v) is 4.72. The van der Waals surface area contributed by atoms with Crippen LogP contribution in [0.25, 0.3) is 0 Å². The van der Waals surface area contributed by atoms with E-state index in [4.69, 9.17) is 5.73 Å². The molecule has 1 aromatic carbocycles. The van der Waals surface area contributed by atoms with Gasteiger partial charge in [0.1, 0.15) is 5.82 Å². The Bertz CT molecular complexity index is 486. The number of aryl methyl sites for hydroxylation is 1. The maximum atomic E-state index is 13.5. The van der Waals surface area contributed by atoms with Crippen molar-refractivity contribution < 1.29 is 4.39 Å². The van der Waals surface area contributed by atoms with Crippen molar-refractivity contribution >= 4 is 0 Å². The highest BCUT2D eigenvalue weighted by Gasteiger charge is 2.45. The number of hydrogen-bond donors (Lipinski definition) is 1. The Labute approximate surface area is 122 Å². The summed E-state index contributed by atoms with van der Waals surface area (Å²) >= 11 is 0. The third-order valence-corrected chi connectivity index (χ3v) is 4.47. The molecule has 0 atom stereocenters. The Morgan fingerprint density at radius 1 is 1.05 bits per heavy atom. The van der Waals surface area contributed by atoms with Crippen LogP contribution in [0.1, 0.15) is 58.1 Å². The van der Waals surface area contributed by atoms with Crippen LogP contribution in [-0.2, 0) is 6.42 Å². The van der Waals surface area contributed by atoms with Crippen LogP contribution in [0.4, 0.5) is 4.39 Å². The summed E-state index contributed by atoms with van der Waals surface area (Å²) in [7, 11) is 0. The van der Waals surface area contributed by atoms with E-state index in [-0.39, 0.29) is 22.2 Å². The summed E-state index contributed by atoms with van der Waals surface area (Å²) in [6.07, 6.45) is 3.96. The first-order valence-electron chi connectivity index (χ1n) is 7.54. The van der Waals surface area contributed by atoms with E-state index in [1.165, 1.54) is 12.5 Å². The van der Waals surface area contributed by atoms with Crippen molar-refractivity contribution in [3.05, 3.63) is 35.1 Å². The average molecular weight is 277 g/mol. The molecule has 1 aliphatic rings. The second kappa shape index (κ2) is 4.84. The number of rotatable bonds is 2. The molecular weight excluding hydrogens is 249 g/mol. The van der Waals surface area contributed by atoms with Gasteiger partial charge in [0.05, 0.1) is 0 Å². The number of benzene rings is 1. The van der Waals surface area contributed by atoms with Gasteiger partial charge in [-0.2, -0.15) is 0 Å². The van der Waals surface area contributed by atoms with Crippen LogP contribution in [-0.4, -0.2) is 5.54 Å². The molecule has 1 aliphatic carbocycles. The van der Waals surface area contributed by atoms with Gasteiger partial charge >= 0.3 is 0 Å². The molecule has 0 heterocycles. The summed E-state index contributed by atoms with van der Waals surface area (Å²) in [6, 6.07) is 5.03. The van der Waals surface area contributed by atoms with E-state index >= 15 is 0 Å². The van der Waals surface area contributed by atoms with Crippen molar-refractivity contribution in [2.75, 3.05) is 0 Å². The largest absolute Gasteiger partial charge is 0.325 e. The van der Waals surface area contributed by atoms with Crippen molar-refractivity contribution in [2.45, 2.75) is 65.8 Å². The fourth-order valence-electron chi connectivity index (χ4n) is 4.72. The quantitative estimate of drug-likeness (QED) is 0.839. The Morgan fingerprint density at radius 3 is 2.15 bits per heavy atom. The second-order valence-electron chi connectivity index (χ2n) is 8.47. The monoisotopic (exact) mass is 277 g/mol. The molecule has 0 saturated heterocycles. The van der Waals surface area contributed by atoms with Crippen molar-refractivity contribution in [2.24, 2.45) is 16.6 Å². The molecular formula is C18H28FN. The fraction of sp³-hybridized carbons (Fsp3) is 0.667. The topological polar surface area (TPSA) is 26.0 Å². The Kier molecular flexibility index (Phi) is 3.75. The molecule has 20 heavy (non-hydrogen) atoms. The van der Waals surface area contributed by atoms with Crippen molar-refractivity contribution in [1.82, 2.24) is 0 Å². The van der Waals surface area contributed by atoms with Gasteiger partial charge in [-0.05, 0) is 66.7 Å². The predicted octanol–water partition coefficient (Wildman–Crippen LogP) is 4.61. The van der Waals surface area contributed by atoms with Crippen LogP contribution in [0.3, 0.4) is 0 Å². The lowest BCUT2D eigenvalue weighted by molar-refractivity contribution is 0.0486.